The second kappa shape index (κ2) is 7.33. The third kappa shape index (κ3) is 3.34. The van der Waals surface area contributed by atoms with E-state index >= 15 is 0 Å². The summed E-state index contributed by atoms with van der Waals surface area (Å²) < 4.78 is 12.3. The van der Waals surface area contributed by atoms with Gasteiger partial charge >= 0.3 is 0 Å². The first kappa shape index (κ1) is 16.3. The van der Waals surface area contributed by atoms with Crippen molar-refractivity contribution in [2.45, 2.75) is 31.8 Å². The third-order valence-corrected chi connectivity index (χ3v) is 4.39. The number of methoxy groups -OCH3 is 2. The van der Waals surface area contributed by atoms with E-state index in [-0.39, 0.29) is 11.9 Å². The number of amides is 1. The van der Waals surface area contributed by atoms with Gasteiger partial charge in [0, 0.05) is 13.0 Å². The van der Waals surface area contributed by atoms with Gasteiger partial charge in [0.05, 0.1) is 26.8 Å². The van der Waals surface area contributed by atoms with Crippen molar-refractivity contribution < 1.29 is 14.3 Å². The Kier molecular flexibility index (Phi) is 4.98. The zero-order valence-corrected chi connectivity index (χ0v) is 14.0. The van der Waals surface area contributed by atoms with Crippen LogP contribution in [0.15, 0.2) is 30.9 Å². The Labute approximate surface area is 141 Å². The predicted octanol–water partition coefficient (Wildman–Crippen LogP) is 2.05. The number of ether oxygens (including phenoxy) is 2. The van der Waals surface area contributed by atoms with Crippen LogP contribution in [0.25, 0.3) is 0 Å². The lowest BCUT2D eigenvalue weighted by atomic mass is 10.0. The highest BCUT2D eigenvalue weighted by Gasteiger charge is 2.30. The first-order valence-corrected chi connectivity index (χ1v) is 8.06. The van der Waals surface area contributed by atoms with Crippen LogP contribution in [0.5, 0.6) is 11.5 Å². The molecule has 0 radical (unpaired) electrons. The molecule has 2 heterocycles. The van der Waals surface area contributed by atoms with E-state index in [9.17, 15) is 4.79 Å². The summed E-state index contributed by atoms with van der Waals surface area (Å²) in [6.45, 7) is 1.34. The second-order valence-corrected chi connectivity index (χ2v) is 5.77. The molecule has 1 aliphatic rings. The van der Waals surface area contributed by atoms with E-state index in [4.69, 9.17) is 9.47 Å². The molecular weight excluding hydrogens is 308 g/mol. The molecule has 2 aromatic rings. The maximum absolute atomic E-state index is 12.6. The molecule has 0 spiro atoms. The average molecular weight is 330 g/mol. The monoisotopic (exact) mass is 330 g/mol. The SMILES string of the molecule is COc1ccc(C2CCCN2C(=O)CCn2cncn2)cc1OC. The van der Waals surface area contributed by atoms with Crippen molar-refractivity contribution >= 4 is 5.91 Å². The molecule has 0 aliphatic carbocycles. The number of hydrogen-bond acceptors (Lipinski definition) is 5. The number of rotatable bonds is 6. The molecule has 1 aromatic heterocycles. The van der Waals surface area contributed by atoms with E-state index in [1.807, 2.05) is 23.1 Å². The fraction of sp³-hybridized carbons (Fsp3) is 0.471. The molecule has 0 saturated carbocycles. The lowest BCUT2D eigenvalue weighted by molar-refractivity contribution is -0.132. The van der Waals surface area contributed by atoms with E-state index in [2.05, 4.69) is 10.1 Å². The highest BCUT2D eigenvalue weighted by atomic mass is 16.5. The molecule has 1 amide bonds. The molecule has 1 unspecified atom stereocenters. The summed E-state index contributed by atoms with van der Waals surface area (Å²) in [7, 11) is 3.24. The van der Waals surface area contributed by atoms with Crippen LogP contribution in [0.2, 0.25) is 0 Å². The molecule has 1 atom stereocenters. The Morgan fingerprint density at radius 1 is 1.29 bits per heavy atom. The first-order chi connectivity index (χ1) is 11.7. The van der Waals surface area contributed by atoms with Crippen LogP contribution in [0.3, 0.4) is 0 Å². The van der Waals surface area contributed by atoms with Crippen molar-refractivity contribution in [3.63, 3.8) is 0 Å². The van der Waals surface area contributed by atoms with Gasteiger partial charge in [-0.15, -0.1) is 0 Å². The minimum absolute atomic E-state index is 0.0908. The molecule has 3 rings (SSSR count). The van der Waals surface area contributed by atoms with Crippen LogP contribution in [0, 0.1) is 0 Å². The molecule has 1 saturated heterocycles. The second-order valence-electron chi connectivity index (χ2n) is 5.77. The molecular formula is C17H22N4O3. The lowest BCUT2D eigenvalue weighted by Crippen LogP contribution is -2.31. The van der Waals surface area contributed by atoms with Crippen molar-refractivity contribution in [1.82, 2.24) is 19.7 Å². The highest BCUT2D eigenvalue weighted by molar-refractivity contribution is 5.77. The number of likely N-dealkylation sites (tertiary alicyclic amines) is 1. The van der Waals surface area contributed by atoms with Gasteiger partial charge in [0.15, 0.2) is 11.5 Å². The van der Waals surface area contributed by atoms with Crippen LogP contribution >= 0.6 is 0 Å². The Balaban J connectivity index is 1.71. The number of hydrogen-bond donors (Lipinski definition) is 0. The molecule has 0 N–H and O–H groups in total. The molecule has 1 aliphatic heterocycles. The molecule has 0 bridgehead atoms. The van der Waals surface area contributed by atoms with Gasteiger partial charge in [-0.2, -0.15) is 5.10 Å². The Hall–Kier alpha value is -2.57. The Morgan fingerprint density at radius 3 is 2.83 bits per heavy atom. The zero-order chi connectivity index (χ0) is 16.9. The minimum Gasteiger partial charge on any atom is -0.493 e. The van der Waals surface area contributed by atoms with Gasteiger partial charge in [-0.1, -0.05) is 6.07 Å². The van der Waals surface area contributed by atoms with Gasteiger partial charge in [0.2, 0.25) is 5.91 Å². The smallest absolute Gasteiger partial charge is 0.224 e. The quantitative estimate of drug-likeness (QED) is 0.811. The van der Waals surface area contributed by atoms with E-state index in [1.165, 1.54) is 6.33 Å². The summed E-state index contributed by atoms with van der Waals surface area (Å²) in [5, 5.41) is 4.04. The molecule has 7 nitrogen and oxygen atoms in total. The Morgan fingerprint density at radius 2 is 2.12 bits per heavy atom. The lowest BCUT2D eigenvalue weighted by Gasteiger charge is -2.25. The number of benzene rings is 1. The van der Waals surface area contributed by atoms with Crippen molar-refractivity contribution in [2.24, 2.45) is 0 Å². The van der Waals surface area contributed by atoms with E-state index in [1.54, 1.807) is 25.2 Å². The average Bonchev–Trinajstić information content (AvgIpc) is 3.30. The van der Waals surface area contributed by atoms with Gasteiger partial charge in [-0.05, 0) is 30.5 Å². The summed E-state index contributed by atoms with van der Waals surface area (Å²) in [6.07, 6.45) is 5.50. The summed E-state index contributed by atoms with van der Waals surface area (Å²) in [4.78, 5) is 18.5. The molecule has 128 valence electrons. The van der Waals surface area contributed by atoms with E-state index in [0.29, 0.717) is 24.5 Å². The topological polar surface area (TPSA) is 69.5 Å². The number of aromatic nitrogens is 3. The largest absolute Gasteiger partial charge is 0.493 e. The number of aryl methyl sites for hydroxylation is 1. The molecule has 1 fully saturated rings. The van der Waals surface area contributed by atoms with Crippen LogP contribution in [0.4, 0.5) is 0 Å². The fourth-order valence-corrected chi connectivity index (χ4v) is 3.17. The maximum Gasteiger partial charge on any atom is 0.224 e. The Bertz CT molecular complexity index is 687. The first-order valence-electron chi connectivity index (χ1n) is 8.06. The minimum atomic E-state index is 0.0908. The summed E-state index contributed by atoms with van der Waals surface area (Å²) in [6, 6.07) is 5.96. The summed E-state index contributed by atoms with van der Waals surface area (Å²) in [5.74, 6) is 1.53. The van der Waals surface area contributed by atoms with Crippen molar-refractivity contribution in [1.29, 1.82) is 0 Å². The zero-order valence-electron chi connectivity index (χ0n) is 14.0. The maximum atomic E-state index is 12.6. The van der Waals surface area contributed by atoms with Gasteiger partial charge in [-0.3, -0.25) is 9.48 Å². The van der Waals surface area contributed by atoms with E-state index in [0.717, 1.165) is 24.9 Å². The van der Waals surface area contributed by atoms with Gasteiger partial charge < -0.3 is 14.4 Å². The predicted molar refractivity (Wildman–Crippen MR) is 87.9 cm³/mol. The van der Waals surface area contributed by atoms with Crippen LogP contribution < -0.4 is 9.47 Å². The molecule has 7 heteroatoms. The standard InChI is InChI=1S/C17H22N4O3/c1-23-15-6-5-13(10-16(15)24-2)14-4-3-8-21(14)17(22)7-9-20-12-18-11-19-20/h5-6,10-12,14H,3-4,7-9H2,1-2H3. The van der Waals surface area contributed by atoms with Crippen LogP contribution in [-0.4, -0.2) is 46.3 Å². The summed E-state index contributed by atoms with van der Waals surface area (Å²) >= 11 is 0. The number of carbonyl (C=O) groups excluding carboxylic acids is 1. The third-order valence-electron chi connectivity index (χ3n) is 4.39. The number of carbonyl (C=O) groups is 1. The van der Waals surface area contributed by atoms with Crippen molar-refractivity contribution in [2.75, 3.05) is 20.8 Å². The normalized spacial score (nSPS) is 17.1. The van der Waals surface area contributed by atoms with Gasteiger partial charge in [0.1, 0.15) is 12.7 Å². The highest BCUT2D eigenvalue weighted by Crippen LogP contribution is 2.37. The number of nitrogens with zero attached hydrogens (tertiary/aromatic N) is 4. The summed E-state index contributed by atoms with van der Waals surface area (Å²) in [5.41, 5.74) is 1.08. The fourth-order valence-electron chi connectivity index (χ4n) is 3.17. The van der Waals surface area contributed by atoms with E-state index < -0.39 is 0 Å². The van der Waals surface area contributed by atoms with Gasteiger partial charge in [-0.25, -0.2) is 4.98 Å². The van der Waals surface area contributed by atoms with Crippen LogP contribution in [-0.2, 0) is 11.3 Å². The van der Waals surface area contributed by atoms with Crippen LogP contribution in [0.1, 0.15) is 30.9 Å². The molecule has 1 aromatic carbocycles. The van der Waals surface area contributed by atoms with Crippen molar-refractivity contribution in [3.8, 4) is 11.5 Å². The molecule has 24 heavy (non-hydrogen) atoms. The van der Waals surface area contributed by atoms with Crippen molar-refractivity contribution in [3.05, 3.63) is 36.4 Å². The van der Waals surface area contributed by atoms with Gasteiger partial charge in [0.25, 0.3) is 0 Å².